The normalized spacial score (nSPS) is 19.8. The van der Waals surface area contributed by atoms with Crippen molar-refractivity contribution in [3.63, 3.8) is 0 Å². The number of benzene rings is 2. The molecule has 0 radical (unpaired) electrons. The highest BCUT2D eigenvalue weighted by molar-refractivity contribution is 6.11. The number of nitrogens with zero attached hydrogens (tertiary/aromatic N) is 1. The molecule has 2 aromatic carbocycles. The summed E-state index contributed by atoms with van der Waals surface area (Å²) in [4.78, 5) is 41.3. The van der Waals surface area contributed by atoms with Crippen LogP contribution in [-0.2, 0) is 11.0 Å². The van der Waals surface area contributed by atoms with E-state index in [1.54, 1.807) is 0 Å². The van der Waals surface area contributed by atoms with Crippen LogP contribution in [0.1, 0.15) is 15.9 Å². The van der Waals surface area contributed by atoms with Crippen LogP contribution in [0.25, 0.3) is 11.1 Å². The van der Waals surface area contributed by atoms with Crippen molar-refractivity contribution in [3.8, 4) is 11.1 Å². The molecule has 1 unspecified atom stereocenters. The summed E-state index contributed by atoms with van der Waals surface area (Å²) in [6.45, 7) is 2.46. The van der Waals surface area contributed by atoms with Crippen molar-refractivity contribution in [2.45, 2.75) is 17.9 Å². The highest BCUT2D eigenvalue weighted by Gasteiger charge is 2.55. The Morgan fingerprint density at radius 3 is 2.19 bits per heavy atom. The van der Waals surface area contributed by atoms with E-state index < -0.39 is 64.7 Å². The van der Waals surface area contributed by atoms with E-state index >= 15 is 0 Å². The Labute approximate surface area is 204 Å². The monoisotopic (exact) mass is 522 g/mol. The molecule has 4 amide bonds. The Morgan fingerprint density at radius 2 is 1.62 bits per heavy atom. The molecule has 0 aliphatic carbocycles. The fourth-order valence-electron chi connectivity index (χ4n) is 4.01. The van der Waals surface area contributed by atoms with Gasteiger partial charge in [-0.05, 0) is 34.9 Å². The van der Waals surface area contributed by atoms with Gasteiger partial charge >= 0.3 is 18.4 Å². The van der Waals surface area contributed by atoms with Gasteiger partial charge in [0.15, 0.2) is 5.54 Å². The molecule has 37 heavy (non-hydrogen) atoms. The van der Waals surface area contributed by atoms with Crippen LogP contribution in [0.3, 0.4) is 0 Å². The summed E-state index contributed by atoms with van der Waals surface area (Å²) in [5, 5.41) is 6.32. The predicted molar refractivity (Wildman–Crippen MR) is 119 cm³/mol. The molecule has 2 aliphatic heterocycles. The molecule has 0 bridgehead atoms. The number of amides is 4. The third kappa shape index (κ3) is 4.71. The van der Waals surface area contributed by atoms with E-state index in [9.17, 15) is 40.7 Å². The summed E-state index contributed by atoms with van der Waals surface area (Å²) < 4.78 is 79.9. The fraction of sp³-hybridized carbons (Fsp3) is 0.167. The average Bonchev–Trinajstić information content (AvgIpc) is 3.36. The van der Waals surface area contributed by atoms with E-state index in [1.807, 2.05) is 5.32 Å². The molecule has 2 heterocycles. The van der Waals surface area contributed by atoms with Gasteiger partial charge in [0.1, 0.15) is 0 Å². The maximum atomic E-state index is 13.7. The lowest BCUT2D eigenvalue weighted by Crippen LogP contribution is -2.56. The van der Waals surface area contributed by atoms with E-state index in [1.165, 1.54) is 36.4 Å². The van der Waals surface area contributed by atoms with Gasteiger partial charge in [-0.25, -0.2) is 4.79 Å². The molecule has 2 aromatic rings. The fourth-order valence-corrected chi connectivity index (χ4v) is 4.01. The van der Waals surface area contributed by atoms with E-state index in [-0.39, 0.29) is 16.7 Å². The molecule has 4 rings (SSSR count). The van der Waals surface area contributed by atoms with Crippen LogP contribution in [0.2, 0.25) is 0 Å². The standard InChI is InChI=1S/C24H16F6N4O3/c1-12-10-31-18(17(12)24(28,29)30)22(20(36)33-21(37)34-22)11-32-19(35)16-5-3-2-4-15(16)13-6-8-14(9-7-13)23(25,26)27/h2-10H,1,11H2,(H,32,35)(H2,33,34,36,37). The van der Waals surface area contributed by atoms with Crippen molar-refractivity contribution in [1.29, 1.82) is 0 Å². The first-order valence-corrected chi connectivity index (χ1v) is 10.5. The SMILES string of the molecule is C=C1C=NC(C2(CNC(=O)c3ccccc3-c3ccc(C(F)(F)F)cc3)NC(=O)NC2=O)=C1C(F)(F)F. The second-order valence-electron chi connectivity index (χ2n) is 8.12. The minimum atomic E-state index is -4.97. The molecule has 2 aliphatic rings. The van der Waals surface area contributed by atoms with Crippen molar-refractivity contribution in [3.05, 3.63) is 83.1 Å². The number of allylic oxidation sites excluding steroid dienone is 2. The largest absolute Gasteiger partial charge is 0.418 e. The van der Waals surface area contributed by atoms with Crippen molar-refractivity contribution in [1.82, 2.24) is 16.0 Å². The number of hydrogen-bond acceptors (Lipinski definition) is 4. The van der Waals surface area contributed by atoms with Crippen LogP contribution in [0, 0.1) is 0 Å². The minimum absolute atomic E-state index is 0.0357. The van der Waals surface area contributed by atoms with Crippen LogP contribution in [0.4, 0.5) is 31.1 Å². The summed E-state index contributed by atoms with van der Waals surface area (Å²) in [5.41, 5.74) is -5.54. The van der Waals surface area contributed by atoms with Gasteiger partial charge in [0.2, 0.25) is 0 Å². The Bertz CT molecular complexity index is 1380. The number of halogens is 6. The zero-order valence-corrected chi connectivity index (χ0v) is 18.6. The van der Waals surface area contributed by atoms with E-state index in [0.29, 0.717) is 0 Å². The van der Waals surface area contributed by atoms with E-state index in [0.717, 1.165) is 18.3 Å². The Morgan fingerprint density at radius 1 is 0.973 bits per heavy atom. The minimum Gasteiger partial charge on any atom is -0.349 e. The molecule has 13 heteroatoms. The lowest BCUT2D eigenvalue weighted by molar-refractivity contribution is -0.137. The van der Waals surface area contributed by atoms with Crippen LogP contribution in [0.15, 0.2) is 76.9 Å². The topological polar surface area (TPSA) is 99.7 Å². The van der Waals surface area contributed by atoms with Gasteiger partial charge in [-0.3, -0.25) is 19.9 Å². The van der Waals surface area contributed by atoms with Gasteiger partial charge in [-0.2, -0.15) is 26.3 Å². The van der Waals surface area contributed by atoms with Gasteiger partial charge in [-0.1, -0.05) is 36.9 Å². The third-order valence-electron chi connectivity index (χ3n) is 5.75. The maximum Gasteiger partial charge on any atom is 0.418 e. The lowest BCUT2D eigenvalue weighted by atomic mass is 9.90. The summed E-state index contributed by atoms with van der Waals surface area (Å²) in [6, 6.07) is 8.74. The first-order chi connectivity index (χ1) is 17.2. The second-order valence-corrected chi connectivity index (χ2v) is 8.12. The predicted octanol–water partition coefficient (Wildman–Crippen LogP) is 4.14. The molecular weight excluding hydrogens is 506 g/mol. The van der Waals surface area contributed by atoms with Crippen LogP contribution >= 0.6 is 0 Å². The zero-order chi connectivity index (χ0) is 27.2. The maximum absolute atomic E-state index is 13.7. The Kier molecular flexibility index (Phi) is 6.18. The number of imide groups is 1. The second kappa shape index (κ2) is 8.91. The van der Waals surface area contributed by atoms with Crippen molar-refractivity contribution in [2.24, 2.45) is 4.99 Å². The van der Waals surface area contributed by atoms with Gasteiger partial charge in [0.25, 0.3) is 11.8 Å². The zero-order valence-electron chi connectivity index (χ0n) is 18.6. The average molecular weight is 522 g/mol. The highest BCUT2D eigenvalue weighted by atomic mass is 19.4. The van der Waals surface area contributed by atoms with Crippen LogP contribution in [-0.4, -0.2) is 42.3 Å². The number of aliphatic imine (C=N–C) groups is 1. The third-order valence-corrected chi connectivity index (χ3v) is 5.75. The number of carbonyl (C=O) groups excluding carboxylic acids is 3. The summed E-state index contributed by atoms with van der Waals surface area (Å²) in [7, 11) is 0. The van der Waals surface area contributed by atoms with Crippen molar-refractivity contribution >= 4 is 24.1 Å². The van der Waals surface area contributed by atoms with Crippen molar-refractivity contribution in [2.75, 3.05) is 6.54 Å². The summed E-state index contributed by atoms with van der Waals surface area (Å²) >= 11 is 0. The molecule has 0 spiro atoms. The molecular formula is C24H16F6N4O3. The van der Waals surface area contributed by atoms with Crippen LogP contribution in [0.5, 0.6) is 0 Å². The van der Waals surface area contributed by atoms with E-state index in [2.05, 4.69) is 22.2 Å². The van der Waals surface area contributed by atoms with Gasteiger partial charge in [-0.15, -0.1) is 0 Å². The molecule has 7 nitrogen and oxygen atoms in total. The lowest BCUT2D eigenvalue weighted by Gasteiger charge is -2.28. The smallest absolute Gasteiger partial charge is 0.349 e. The quantitative estimate of drug-likeness (QED) is 0.407. The number of rotatable bonds is 5. The van der Waals surface area contributed by atoms with Gasteiger partial charge in [0.05, 0.1) is 23.4 Å². The number of carbonyl (C=O) groups is 3. The highest BCUT2D eigenvalue weighted by Crippen LogP contribution is 2.41. The number of nitrogens with one attached hydrogen (secondary N) is 3. The molecule has 0 aromatic heterocycles. The van der Waals surface area contributed by atoms with E-state index in [4.69, 9.17) is 0 Å². The number of urea groups is 1. The van der Waals surface area contributed by atoms with Crippen LogP contribution < -0.4 is 16.0 Å². The first-order valence-electron chi connectivity index (χ1n) is 10.5. The number of alkyl halides is 6. The molecule has 1 atom stereocenters. The number of hydrogen-bond donors (Lipinski definition) is 3. The Balaban J connectivity index is 1.67. The van der Waals surface area contributed by atoms with Crippen molar-refractivity contribution < 1.29 is 40.7 Å². The first kappa shape index (κ1) is 25.7. The Hall–Kier alpha value is -4.42. The molecule has 1 fully saturated rings. The molecule has 1 saturated heterocycles. The molecule has 0 saturated carbocycles. The van der Waals surface area contributed by atoms with Gasteiger partial charge < -0.3 is 10.6 Å². The summed E-state index contributed by atoms with van der Waals surface area (Å²) in [6.07, 6.45) is -8.74. The molecule has 192 valence electrons. The van der Waals surface area contributed by atoms with Gasteiger partial charge in [0, 0.05) is 11.8 Å². The summed E-state index contributed by atoms with van der Waals surface area (Å²) in [5.74, 6) is -2.03. The molecule has 3 N–H and O–H groups in total.